The molecule has 0 saturated carbocycles. The summed E-state index contributed by atoms with van der Waals surface area (Å²) in [6.45, 7) is 2.04. The van der Waals surface area contributed by atoms with Gasteiger partial charge in [0.15, 0.2) is 0 Å². The fourth-order valence-electron chi connectivity index (χ4n) is 3.45. The van der Waals surface area contributed by atoms with E-state index in [1.807, 2.05) is 30.3 Å². The highest BCUT2D eigenvalue weighted by Gasteiger charge is 2.34. The number of benzene rings is 3. The van der Waals surface area contributed by atoms with Crippen molar-refractivity contribution in [2.45, 2.75) is 13.5 Å². The first-order valence-electron chi connectivity index (χ1n) is 11.3. The predicted molar refractivity (Wildman–Crippen MR) is 158 cm³/mol. The molecule has 6 nitrogen and oxygen atoms in total. The molecular weight excluding hydrogens is 658 g/mol. The van der Waals surface area contributed by atoms with Gasteiger partial charge in [-0.15, -0.1) is 0 Å². The van der Waals surface area contributed by atoms with E-state index in [4.69, 9.17) is 21.1 Å². The Labute approximate surface area is 245 Å². The molecule has 1 amide bonds. The number of aliphatic imine (C=N–C) groups is 1. The lowest BCUT2D eigenvalue weighted by molar-refractivity contribution is -0.138. The zero-order chi connectivity index (χ0) is 27.2. The number of ether oxygens (including phenoxy) is 2. The Morgan fingerprint density at radius 2 is 1.71 bits per heavy atom. The van der Waals surface area contributed by atoms with Gasteiger partial charge >= 0.3 is 5.97 Å². The number of hydrogen-bond donors (Lipinski definition) is 1. The van der Waals surface area contributed by atoms with Crippen LogP contribution < -0.4 is 4.74 Å². The average Bonchev–Trinajstić information content (AvgIpc) is 3.19. The Morgan fingerprint density at radius 1 is 1.05 bits per heavy atom. The van der Waals surface area contributed by atoms with E-state index in [9.17, 15) is 14.7 Å². The Morgan fingerprint density at radius 3 is 2.37 bits per heavy atom. The predicted octanol–water partition coefficient (Wildman–Crippen LogP) is 8.15. The number of nitrogens with zero attached hydrogens (tertiary/aromatic N) is 1. The lowest BCUT2D eigenvalue weighted by atomic mass is 10.1. The number of esters is 1. The summed E-state index contributed by atoms with van der Waals surface area (Å²) in [5.41, 5.74) is 1.76. The average molecular weight is 678 g/mol. The first-order valence-corrected chi connectivity index (χ1v) is 14.1. The minimum absolute atomic E-state index is 0.0684. The van der Waals surface area contributed by atoms with Crippen LogP contribution in [0.25, 0.3) is 6.08 Å². The minimum atomic E-state index is -0.758. The van der Waals surface area contributed by atoms with Gasteiger partial charge in [0.05, 0.1) is 20.5 Å². The number of halogens is 3. The van der Waals surface area contributed by atoms with Crippen molar-refractivity contribution in [2.75, 3.05) is 6.61 Å². The van der Waals surface area contributed by atoms with E-state index >= 15 is 0 Å². The van der Waals surface area contributed by atoms with Gasteiger partial charge in [-0.2, -0.15) is 0 Å². The van der Waals surface area contributed by atoms with Gasteiger partial charge in [-0.3, -0.25) is 4.79 Å². The smallest absolute Gasteiger partial charge is 0.344 e. The maximum Gasteiger partial charge on any atom is 0.344 e. The second kappa shape index (κ2) is 12.8. The van der Waals surface area contributed by atoms with Crippen LogP contribution in [0.1, 0.15) is 28.4 Å². The molecule has 0 saturated heterocycles. The molecule has 0 fully saturated rings. The van der Waals surface area contributed by atoms with E-state index < -0.39 is 11.9 Å². The molecule has 3 aromatic carbocycles. The molecule has 38 heavy (non-hydrogen) atoms. The number of thioether (sulfide) groups is 1. The third kappa shape index (κ3) is 6.58. The van der Waals surface area contributed by atoms with Gasteiger partial charge in [0.25, 0.3) is 5.91 Å². The highest BCUT2D eigenvalue weighted by molar-refractivity contribution is 9.11. The number of hydrogen-bond acceptors (Lipinski definition) is 6. The van der Waals surface area contributed by atoms with Gasteiger partial charge in [0.1, 0.15) is 28.7 Å². The van der Waals surface area contributed by atoms with Crippen molar-refractivity contribution in [3.63, 3.8) is 0 Å². The first kappa shape index (κ1) is 28.2. The van der Waals surface area contributed by atoms with Crippen molar-refractivity contribution in [2.24, 2.45) is 4.99 Å². The van der Waals surface area contributed by atoms with Gasteiger partial charge in [0, 0.05) is 16.1 Å². The van der Waals surface area contributed by atoms with Crippen LogP contribution in [0.15, 0.2) is 96.9 Å². The molecule has 0 aromatic heterocycles. The van der Waals surface area contributed by atoms with E-state index in [1.165, 1.54) is 0 Å². The highest BCUT2D eigenvalue weighted by atomic mass is 79.9. The van der Waals surface area contributed by atoms with Crippen molar-refractivity contribution in [1.29, 1.82) is 0 Å². The van der Waals surface area contributed by atoms with Crippen LogP contribution >= 0.6 is 55.2 Å². The molecule has 194 valence electrons. The van der Waals surface area contributed by atoms with Crippen LogP contribution in [0.3, 0.4) is 0 Å². The summed E-state index contributed by atoms with van der Waals surface area (Å²) in [5, 5.41) is 11.6. The largest absolute Gasteiger partial charge is 0.506 e. The molecule has 4 rings (SSSR count). The monoisotopic (exact) mass is 675 g/mol. The number of carbonyl (C=O) groups is 2. The molecule has 0 bridgehead atoms. The number of aliphatic hydroxyl groups excluding tert-OH is 1. The lowest BCUT2D eigenvalue weighted by Crippen LogP contribution is -2.14. The Balaban J connectivity index is 1.63. The molecule has 0 aliphatic carbocycles. The van der Waals surface area contributed by atoms with Crippen molar-refractivity contribution >= 4 is 78.2 Å². The zero-order valence-electron chi connectivity index (χ0n) is 19.9. The Kier molecular flexibility index (Phi) is 9.49. The summed E-state index contributed by atoms with van der Waals surface area (Å²) in [5.74, 6) is -1.02. The van der Waals surface area contributed by atoms with Gasteiger partial charge < -0.3 is 14.6 Å². The maximum absolute atomic E-state index is 12.7. The second-order valence-corrected chi connectivity index (χ2v) is 11.0. The van der Waals surface area contributed by atoms with E-state index in [2.05, 4.69) is 36.9 Å². The summed E-state index contributed by atoms with van der Waals surface area (Å²) in [6, 6.07) is 19.5. The number of amides is 1. The van der Waals surface area contributed by atoms with Crippen molar-refractivity contribution in [3.8, 4) is 5.75 Å². The van der Waals surface area contributed by atoms with Gasteiger partial charge in [-0.25, -0.2) is 9.79 Å². The van der Waals surface area contributed by atoms with Crippen LogP contribution in [-0.2, 0) is 16.1 Å². The number of rotatable bonds is 7. The van der Waals surface area contributed by atoms with Crippen LogP contribution in [0, 0.1) is 0 Å². The van der Waals surface area contributed by atoms with Crippen molar-refractivity contribution in [3.05, 3.63) is 114 Å². The van der Waals surface area contributed by atoms with Gasteiger partial charge in [-0.1, -0.05) is 59.8 Å². The van der Waals surface area contributed by atoms with Crippen LogP contribution in [0.2, 0.25) is 5.02 Å². The molecule has 1 N–H and O–H groups in total. The molecule has 3 aromatic rings. The summed E-state index contributed by atoms with van der Waals surface area (Å²) in [6.07, 6.45) is 1.68. The molecule has 0 atom stereocenters. The number of aliphatic hydroxyl groups is 1. The molecule has 0 spiro atoms. The topological polar surface area (TPSA) is 85.2 Å². The van der Waals surface area contributed by atoms with Crippen LogP contribution in [0.4, 0.5) is 0 Å². The zero-order valence-corrected chi connectivity index (χ0v) is 24.7. The third-order valence-electron chi connectivity index (χ3n) is 5.24. The second-order valence-electron chi connectivity index (χ2n) is 7.84. The molecule has 0 radical (unpaired) electrons. The summed E-state index contributed by atoms with van der Waals surface area (Å²) in [7, 11) is 0. The lowest BCUT2D eigenvalue weighted by Gasteiger charge is -2.12. The normalized spacial score (nSPS) is 15.3. The fourth-order valence-corrected chi connectivity index (χ4v) is 6.10. The van der Waals surface area contributed by atoms with E-state index in [0.717, 1.165) is 17.3 Å². The SMILES string of the molecule is CCOC(=O)C1=C(O)/C(=C/c2cc(Br)c(OCc3ccccc3Cl)c(Br)c2)SC1=NC(=O)c1ccccc1. The Bertz CT molecular complexity index is 1460. The van der Waals surface area contributed by atoms with Crippen LogP contribution in [-0.4, -0.2) is 28.6 Å². The molecule has 1 aliphatic rings. The number of carbonyl (C=O) groups excluding carboxylic acids is 2. The summed E-state index contributed by atoms with van der Waals surface area (Å²) < 4.78 is 12.4. The molecule has 1 heterocycles. The molecule has 0 unspecified atom stereocenters. The summed E-state index contributed by atoms with van der Waals surface area (Å²) in [4.78, 5) is 29.8. The maximum atomic E-state index is 12.7. The quantitative estimate of drug-likeness (QED) is 0.254. The molecule has 1 aliphatic heterocycles. The summed E-state index contributed by atoms with van der Waals surface area (Å²) >= 11 is 14.3. The first-order chi connectivity index (χ1) is 18.3. The van der Waals surface area contributed by atoms with Crippen molar-refractivity contribution < 1.29 is 24.2 Å². The molecular formula is C28H20Br2ClNO5S. The van der Waals surface area contributed by atoms with E-state index in [0.29, 0.717) is 35.7 Å². The third-order valence-corrected chi connectivity index (χ3v) is 7.81. The molecule has 10 heteroatoms. The van der Waals surface area contributed by atoms with Gasteiger partial charge in [0.2, 0.25) is 0 Å². The minimum Gasteiger partial charge on any atom is -0.506 e. The van der Waals surface area contributed by atoms with Gasteiger partial charge in [-0.05, 0) is 80.8 Å². The standard InChI is InChI=1S/C28H20Br2ClNO5S/c1-2-36-28(35)23-24(33)22(38-27(23)32-26(34)17-8-4-3-5-9-17)14-16-12-19(29)25(20(30)13-16)37-15-18-10-6-7-11-21(18)31/h3-14,33H,2,15H2,1H3/b22-14-,32-27?. The van der Waals surface area contributed by atoms with Crippen LogP contribution in [0.5, 0.6) is 5.75 Å². The van der Waals surface area contributed by atoms with E-state index in [1.54, 1.807) is 49.4 Å². The van der Waals surface area contributed by atoms with Crippen molar-refractivity contribution in [1.82, 2.24) is 0 Å². The van der Waals surface area contributed by atoms with E-state index in [-0.39, 0.29) is 29.6 Å². The Hall–Kier alpha value is -2.85. The highest BCUT2D eigenvalue weighted by Crippen LogP contribution is 2.41. The fraction of sp³-hybridized carbons (Fsp3) is 0.107.